The molecule has 0 fully saturated rings. The van der Waals surface area contributed by atoms with Gasteiger partial charge in [0.1, 0.15) is 5.01 Å². The van der Waals surface area contributed by atoms with Gasteiger partial charge in [-0.25, -0.2) is 4.98 Å². The highest BCUT2D eigenvalue weighted by molar-refractivity contribution is 7.78. The van der Waals surface area contributed by atoms with E-state index >= 15 is 0 Å². The lowest BCUT2D eigenvalue weighted by atomic mass is 10.3. The quantitative estimate of drug-likeness (QED) is 0.784. The molecule has 1 heterocycles. The molecule has 0 saturated carbocycles. The third-order valence-corrected chi connectivity index (χ3v) is 2.88. The molecule has 0 spiro atoms. The van der Waals surface area contributed by atoms with Crippen molar-refractivity contribution < 1.29 is 0 Å². The number of fused-ring (bicyclic) bond motifs is 1. The van der Waals surface area contributed by atoms with Gasteiger partial charge in [0, 0.05) is 0 Å². The molecule has 0 radical (unpaired) electrons. The molecule has 0 atom stereocenters. The number of nitrogens with zero attached hydrogens (tertiary/aromatic N) is 1. The molecule has 0 saturated heterocycles. The SMILES string of the molecule is S=CNCc1nc2ccccc2s1. The summed E-state index contributed by atoms with van der Waals surface area (Å²) < 4.78 is 1.23. The standard InChI is InChI=1S/C9H8N2S2/c12-6-10-5-9-11-7-3-1-2-4-8(7)13-9/h1-4,6H,5H2,(H,10,12). The predicted octanol–water partition coefficient (Wildman–Crippen LogP) is 2.34. The monoisotopic (exact) mass is 208 g/mol. The largest absolute Gasteiger partial charge is 0.376 e. The summed E-state index contributed by atoms with van der Waals surface area (Å²) >= 11 is 6.37. The maximum absolute atomic E-state index is 4.67. The molecule has 0 aliphatic heterocycles. The van der Waals surface area contributed by atoms with Crippen LogP contribution in [0.3, 0.4) is 0 Å². The Labute approximate surface area is 85.6 Å². The average Bonchev–Trinajstić information content (AvgIpc) is 2.57. The predicted molar refractivity (Wildman–Crippen MR) is 60.1 cm³/mol. The average molecular weight is 208 g/mol. The Morgan fingerprint density at radius 3 is 3.08 bits per heavy atom. The summed E-state index contributed by atoms with van der Waals surface area (Å²) in [6.45, 7) is 0.725. The minimum Gasteiger partial charge on any atom is -0.376 e. The number of hydrogen-bond donors (Lipinski definition) is 1. The van der Waals surface area contributed by atoms with Gasteiger partial charge in [0.15, 0.2) is 0 Å². The summed E-state index contributed by atoms with van der Waals surface area (Å²) in [4.78, 5) is 4.44. The van der Waals surface area contributed by atoms with Crippen LogP contribution in [-0.2, 0) is 6.54 Å². The van der Waals surface area contributed by atoms with E-state index in [0.717, 1.165) is 17.1 Å². The number of thiocarbonyl (C=S) groups is 1. The van der Waals surface area contributed by atoms with E-state index in [1.54, 1.807) is 11.3 Å². The number of benzene rings is 1. The summed E-state index contributed by atoms with van der Waals surface area (Å²) in [6, 6.07) is 8.12. The van der Waals surface area contributed by atoms with Crippen LogP contribution in [0.25, 0.3) is 10.2 Å². The molecular formula is C9H8N2S2. The summed E-state index contributed by atoms with van der Waals surface area (Å²) in [5, 5.41) is 4.03. The zero-order chi connectivity index (χ0) is 9.10. The normalized spacial score (nSPS) is 10.2. The first-order chi connectivity index (χ1) is 6.40. The highest BCUT2D eigenvalue weighted by Gasteiger charge is 2.00. The second-order valence-corrected chi connectivity index (χ2v) is 3.92. The summed E-state index contributed by atoms with van der Waals surface area (Å²) in [5.74, 6) is 0. The smallest absolute Gasteiger partial charge is 0.113 e. The van der Waals surface area contributed by atoms with E-state index < -0.39 is 0 Å². The third kappa shape index (κ3) is 1.84. The summed E-state index contributed by atoms with van der Waals surface area (Å²) in [6.07, 6.45) is 0. The molecule has 4 heteroatoms. The molecule has 2 nitrogen and oxygen atoms in total. The lowest BCUT2D eigenvalue weighted by Crippen LogP contribution is -2.07. The van der Waals surface area contributed by atoms with Crippen LogP contribution in [0, 0.1) is 0 Å². The van der Waals surface area contributed by atoms with E-state index in [9.17, 15) is 0 Å². The van der Waals surface area contributed by atoms with E-state index in [1.165, 1.54) is 10.2 Å². The second kappa shape index (κ2) is 3.81. The topological polar surface area (TPSA) is 24.9 Å². The van der Waals surface area contributed by atoms with Gasteiger partial charge in [-0.1, -0.05) is 24.4 Å². The van der Waals surface area contributed by atoms with Gasteiger partial charge in [-0.15, -0.1) is 11.3 Å². The van der Waals surface area contributed by atoms with Gasteiger partial charge in [0.05, 0.1) is 22.3 Å². The number of para-hydroxylation sites is 1. The zero-order valence-electron chi connectivity index (χ0n) is 6.86. The first kappa shape index (κ1) is 8.59. The van der Waals surface area contributed by atoms with Crippen molar-refractivity contribution in [3.8, 4) is 0 Å². The van der Waals surface area contributed by atoms with Gasteiger partial charge in [-0.05, 0) is 12.1 Å². The number of aromatic nitrogens is 1. The van der Waals surface area contributed by atoms with E-state index in [1.807, 2.05) is 18.2 Å². The number of rotatable bonds is 3. The third-order valence-electron chi connectivity index (χ3n) is 1.67. The Bertz CT molecular complexity index is 389. The van der Waals surface area contributed by atoms with Gasteiger partial charge in [0.2, 0.25) is 0 Å². The number of nitrogens with one attached hydrogen (secondary N) is 1. The summed E-state index contributed by atoms with van der Waals surface area (Å²) in [5.41, 5.74) is 2.58. The molecule has 2 aromatic rings. The molecule has 1 N–H and O–H groups in total. The zero-order valence-corrected chi connectivity index (χ0v) is 8.49. The Hall–Kier alpha value is -1.00. The highest BCUT2D eigenvalue weighted by Crippen LogP contribution is 2.20. The highest BCUT2D eigenvalue weighted by atomic mass is 32.1. The molecule has 0 aliphatic rings. The van der Waals surface area contributed by atoms with Crippen molar-refractivity contribution in [2.45, 2.75) is 6.54 Å². The van der Waals surface area contributed by atoms with Crippen LogP contribution >= 0.6 is 23.6 Å². The molecule has 1 aromatic heterocycles. The first-order valence-corrected chi connectivity index (χ1v) is 5.20. The van der Waals surface area contributed by atoms with Crippen LogP contribution in [0.15, 0.2) is 24.3 Å². The van der Waals surface area contributed by atoms with E-state index in [0.29, 0.717) is 0 Å². The number of hydrogen-bond acceptors (Lipinski definition) is 3. The molecule has 0 aliphatic carbocycles. The minimum absolute atomic E-state index is 0.725. The van der Waals surface area contributed by atoms with Crippen molar-refractivity contribution in [1.29, 1.82) is 0 Å². The maximum Gasteiger partial charge on any atom is 0.113 e. The van der Waals surface area contributed by atoms with Gasteiger partial charge in [0.25, 0.3) is 0 Å². The maximum atomic E-state index is 4.67. The van der Waals surface area contributed by atoms with Crippen LogP contribution in [0.2, 0.25) is 0 Å². The Balaban J connectivity index is 2.32. The van der Waals surface area contributed by atoms with Crippen LogP contribution in [0.4, 0.5) is 0 Å². The Kier molecular flexibility index (Phi) is 2.52. The fraction of sp³-hybridized carbons (Fsp3) is 0.111. The molecule has 0 bridgehead atoms. The van der Waals surface area contributed by atoms with Gasteiger partial charge >= 0.3 is 0 Å². The van der Waals surface area contributed by atoms with E-state index in [-0.39, 0.29) is 0 Å². The van der Waals surface area contributed by atoms with Crippen molar-refractivity contribution in [1.82, 2.24) is 10.3 Å². The minimum atomic E-state index is 0.725. The van der Waals surface area contributed by atoms with E-state index in [4.69, 9.17) is 0 Å². The van der Waals surface area contributed by atoms with Crippen molar-refractivity contribution in [3.05, 3.63) is 29.3 Å². The van der Waals surface area contributed by atoms with Gasteiger partial charge < -0.3 is 5.32 Å². The van der Waals surface area contributed by atoms with Crippen LogP contribution in [-0.4, -0.2) is 10.5 Å². The molecule has 1 aromatic carbocycles. The van der Waals surface area contributed by atoms with Gasteiger partial charge in [-0.2, -0.15) is 0 Å². The summed E-state index contributed by atoms with van der Waals surface area (Å²) in [7, 11) is 0. The van der Waals surface area contributed by atoms with E-state index in [2.05, 4.69) is 28.6 Å². The van der Waals surface area contributed by atoms with Crippen LogP contribution in [0.1, 0.15) is 5.01 Å². The van der Waals surface area contributed by atoms with Crippen molar-refractivity contribution >= 4 is 39.3 Å². The fourth-order valence-electron chi connectivity index (χ4n) is 1.12. The van der Waals surface area contributed by atoms with Crippen LogP contribution in [0.5, 0.6) is 0 Å². The lowest BCUT2D eigenvalue weighted by molar-refractivity contribution is 0.933. The van der Waals surface area contributed by atoms with Crippen LogP contribution < -0.4 is 5.32 Å². The lowest BCUT2D eigenvalue weighted by Gasteiger charge is -1.91. The Morgan fingerprint density at radius 2 is 2.31 bits per heavy atom. The molecular weight excluding hydrogens is 200 g/mol. The molecule has 66 valence electrons. The molecule has 2 rings (SSSR count). The van der Waals surface area contributed by atoms with Crippen molar-refractivity contribution in [3.63, 3.8) is 0 Å². The van der Waals surface area contributed by atoms with Crippen molar-refractivity contribution in [2.75, 3.05) is 0 Å². The number of thiazole rings is 1. The fourth-order valence-corrected chi connectivity index (χ4v) is 2.13. The molecule has 0 amide bonds. The van der Waals surface area contributed by atoms with Crippen molar-refractivity contribution in [2.24, 2.45) is 0 Å². The second-order valence-electron chi connectivity index (χ2n) is 2.57. The molecule has 0 unspecified atom stereocenters. The molecule has 13 heavy (non-hydrogen) atoms. The van der Waals surface area contributed by atoms with Gasteiger partial charge in [-0.3, -0.25) is 0 Å². The first-order valence-electron chi connectivity index (χ1n) is 3.91. The Morgan fingerprint density at radius 1 is 1.46 bits per heavy atom.